The Balaban J connectivity index is 1.91. The van der Waals surface area contributed by atoms with Crippen LogP contribution in [0.5, 0.6) is 11.5 Å². The van der Waals surface area contributed by atoms with Crippen molar-refractivity contribution in [1.29, 1.82) is 0 Å². The topological polar surface area (TPSA) is 31.0 Å². The zero-order chi connectivity index (χ0) is 11.0. The van der Waals surface area contributed by atoms with Crippen molar-refractivity contribution in [2.24, 2.45) is 0 Å². The van der Waals surface area contributed by atoms with Crippen LogP contribution in [-0.2, 0) is 11.2 Å². The molecule has 2 aliphatic rings. The first-order chi connectivity index (χ1) is 7.83. The lowest BCUT2D eigenvalue weighted by atomic mass is 10.1. The maximum absolute atomic E-state index is 6.18. The van der Waals surface area contributed by atoms with Crippen LogP contribution in [0.25, 0.3) is 0 Å². The van der Waals surface area contributed by atoms with Crippen LogP contribution >= 0.6 is 11.6 Å². The molecule has 0 saturated carbocycles. The molecule has 1 aromatic carbocycles. The summed E-state index contributed by atoms with van der Waals surface area (Å²) >= 11 is 6.18. The highest BCUT2D eigenvalue weighted by Gasteiger charge is 2.24. The van der Waals surface area contributed by atoms with Crippen molar-refractivity contribution in [3.8, 4) is 11.5 Å². The molecule has 0 aliphatic carbocycles. The highest BCUT2D eigenvalue weighted by Crippen LogP contribution is 2.38. The molecule has 2 aliphatic heterocycles. The van der Waals surface area contributed by atoms with Gasteiger partial charge in [-0.25, -0.2) is 0 Å². The number of fused-ring (bicyclic) bond motifs is 1. The molecule has 16 heavy (non-hydrogen) atoms. The first-order valence-corrected chi connectivity index (χ1v) is 5.90. The van der Waals surface area contributed by atoms with E-state index < -0.39 is 0 Å². The third-order valence-corrected chi connectivity index (χ3v) is 3.01. The first kappa shape index (κ1) is 10.2. The Morgan fingerprint density at radius 2 is 2.06 bits per heavy atom. The third kappa shape index (κ3) is 2.11. The Hall–Kier alpha value is -0.930. The van der Waals surface area contributed by atoms with Gasteiger partial charge in [-0.3, -0.25) is 0 Å². The molecule has 86 valence electrons. The molecule has 1 aromatic rings. The minimum Gasteiger partial charge on any atom is -0.489 e. The van der Waals surface area contributed by atoms with Gasteiger partial charge < -0.3 is 14.2 Å². The normalized spacial score (nSPS) is 22.7. The van der Waals surface area contributed by atoms with Gasteiger partial charge in [0, 0.05) is 12.8 Å². The Kier molecular flexibility index (Phi) is 2.65. The number of rotatable bonds is 2. The minimum atomic E-state index is 0.362. The summed E-state index contributed by atoms with van der Waals surface area (Å²) in [6, 6.07) is 3.95. The van der Waals surface area contributed by atoms with E-state index >= 15 is 0 Å². The molecular weight excluding hydrogens is 228 g/mol. The molecule has 0 spiro atoms. The van der Waals surface area contributed by atoms with Gasteiger partial charge in [-0.05, 0) is 17.7 Å². The zero-order valence-electron chi connectivity index (χ0n) is 8.87. The maximum Gasteiger partial charge on any atom is 0.179 e. The van der Waals surface area contributed by atoms with Gasteiger partial charge in [-0.15, -0.1) is 0 Å². The van der Waals surface area contributed by atoms with Crippen LogP contribution in [-0.4, -0.2) is 25.9 Å². The fraction of sp³-hybridized carbons (Fsp3) is 0.500. The summed E-state index contributed by atoms with van der Waals surface area (Å²) in [5.74, 6) is 1.44. The molecule has 1 saturated heterocycles. The van der Waals surface area contributed by atoms with Crippen LogP contribution in [0.3, 0.4) is 0 Å². The molecule has 3 rings (SSSR count). The van der Waals surface area contributed by atoms with Crippen molar-refractivity contribution < 1.29 is 14.2 Å². The number of hydrogen-bond acceptors (Lipinski definition) is 3. The molecular formula is C12H13ClO3. The monoisotopic (exact) mass is 240 g/mol. The standard InChI is InChI=1S/C12H13ClO3/c13-10-5-8(4-9-7-16-9)6-11-12(10)15-3-1-2-14-11/h5-6,9H,1-4,7H2. The van der Waals surface area contributed by atoms with Gasteiger partial charge in [0.15, 0.2) is 11.5 Å². The molecule has 4 heteroatoms. The summed E-state index contributed by atoms with van der Waals surface area (Å²) in [7, 11) is 0. The minimum absolute atomic E-state index is 0.362. The quantitative estimate of drug-likeness (QED) is 0.744. The largest absolute Gasteiger partial charge is 0.489 e. The Labute approximate surface area is 99.3 Å². The van der Waals surface area contributed by atoms with Crippen LogP contribution in [0.4, 0.5) is 0 Å². The van der Waals surface area contributed by atoms with E-state index in [1.54, 1.807) is 0 Å². The van der Waals surface area contributed by atoms with Gasteiger partial charge in [0.25, 0.3) is 0 Å². The van der Waals surface area contributed by atoms with Crippen LogP contribution in [0, 0.1) is 0 Å². The summed E-state index contributed by atoms with van der Waals surface area (Å²) in [5.41, 5.74) is 1.15. The lowest BCUT2D eigenvalue weighted by Crippen LogP contribution is -1.97. The van der Waals surface area contributed by atoms with E-state index in [0.717, 1.165) is 30.8 Å². The SMILES string of the molecule is Clc1cc(CC2CO2)cc2c1OCCCO2. The number of halogens is 1. The summed E-state index contributed by atoms with van der Waals surface area (Å²) in [4.78, 5) is 0. The molecule has 2 heterocycles. The molecule has 3 nitrogen and oxygen atoms in total. The average molecular weight is 241 g/mol. The molecule has 0 radical (unpaired) electrons. The predicted molar refractivity (Wildman–Crippen MR) is 60.5 cm³/mol. The highest BCUT2D eigenvalue weighted by atomic mass is 35.5. The van der Waals surface area contributed by atoms with E-state index in [0.29, 0.717) is 30.1 Å². The van der Waals surface area contributed by atoms with E-state index in [2.05, 4.69) is 0 Å². The zero-order valence-corrected chi connectivity index (χ0v) is 9.63. The Bertz CT molecular complexity index is 401. The van der Waals surface area contributed by atoms with Gasteiger partial charge in [-0.2, -0.15) is 0 Å². The van der Waals surface area contributed by atoms with Crippen LogP contribution in [0.2, 0.25) is 5.02 Å². The first-order valence-electron chi connectivity index (χ1n) is 5.52. The molecule has 0 amide bonds. The maximum atomic E-state index is 6.18. The highest BCUT2D eigenvalue weighted by molar-refractivity contribution is 6.32. The Morgan fingerprint density at radius 1 is 1.25 bits per heavy atom. The van der Waals surface area contributed by atoms with E-state index in [4.69, 9.17) is 25.8 Å². The molecule has 0 aromatic heterocycles. The van der Waals surface area contributed by atoms with Crippen molar-refractivity contribution in [2.75, 3.05) is 19.8 Å². The second kappa shape index (κ2) is 4.15. The lowest BCUT2D eigenvalue weighted by molar-refractivity contribution is 0.297. The lowest BCUT2D eigenvalue weighted by Gasteiger charge is -2.10. The number of epoxide rings is 1. The molecule has 0 bridgehead atoms. The number of ether oxygens (including phenoxy) is 3. The third-order valence-electron chi connectivity index (χ3n) is 2.73. The van der Waals surface area contributed by atoms with Crippen molar-refractivity contribution in [3.05, 3.63) is 22.7 Å². The van der Waals surface area contributed by atoms with Crippen molar-refractivity contribution in [2.45, 2.75) is 18.9 Å². The fourth-order valence-electron chi connectivity index (χ4n) is 1.85. The summed E-state index contributed by atoms with van der Waals surface area (Å²) < 4.78 is 16.4. The van der Waals surface area contributed by atoms with Crippen LogP contribution in [0.1, 0.15) is 12.0 Å². The molecule has 1 unspecified atom stereocenters. The van der Waals surface area contributed by atoms with Crippen molar-refractivity contribution >= 4 is 11.6 Å². The van der Waals surface area contributed by atoms with E-state index in [1.165, 1.54) is 0 Å². The van der Waals surface area contributed by atoms with E-state index in [1.807, 2.05) is 12.1 Å². The second-order valence-corrected chi connectivity index (χ2v) is 4.52. The van der Waals surface area contributed by atoms with E-state index in [-0.39, 0.29) is 0 Å². The number of hydrogen-bond donors (Lipinski definition) is 0. The Morgan fingerprint density at radius 3 is 2.88 bits per heavy atom. The van der Waals surface area contributed by atoms with Gasteiger partial charge >= 0.3 is 0 Å². The van der Waals surface area contributed by atoms with Gasteiger partial charge in [0.2, 0.25) is 0 Å². The summed E-state index contributed by atoms with van der Waals surface area (Å²) in [6.07, 6.45) is 2.16. The number of benzene rings is 1. The fourth-order valence-corrected chi connectivity index (χ4v) is 2.14. The van der Waals surface area contributed by atoms with Crippen LogP contribution < -0.4 is 9.47 Å². The van der Waals surface area contributed by atoms with Gasteiger partial charge in [-0.1, -0.05) is 11.6 Å². The van der Waals surface area contributed by atoms with Crippen molar-refractivity contribution in [3.63, 3.8) is 0 Å². The van der Waals surface area contributed by atoms with Gasteiger partial charge in [0.05, 0.1) is 30.9 Å². The smallest absolute Gasteiger partial charge is 0.179 e. The average Bonchev–Trinajstić information content (AvgIpc) is 3.04. The molecule has 1 fully saturated rings. The van der Waals surface area contributed by atoms with Crippen molar-refractivity contribution in [1.82, 2.24) is 0 Å². The molecule has 0 N–H and O–H groups in total. The molecule has 1 atom stereocenters. The van der Waals surface area contributed by atoms with Gasteiger partial charge in [0.1, 0.15) is 0 Å². The predicted octanol–water partition coefficient (Wildman–Crippen LogP) is 2.44. The second-order valence-electron chi connectivity index (χ2n) is 4.11. The van der Waals surface area contributed by atoms with E-state index in [9.17, 15) is 0 Å². The summed E-state index contributed by atoms with van der Waals surface area (Å²) in [5, 5.41) is 0.634. The summed E-state index contributed by atoms with van der Waals surface area (Å²) in [6.45, 7) is 2.20. The van der Waals surface area contributed by atoms with Crippen LogP contribution in [0.15, 0.2) is 12.1 Å².